The molecule has 0 aliphatic carbocycles. The van der Waals surface area contributed by atoms with Gasteiger partial charge in [0.05, 0.1) is 22.3 Å². The Hall–Kier alpha value is -5.71. The van der Waals surface area contributed by atoms with E-state index in [0.29, 0.717) is 16.9 Å². The quantitative estimate of drug-likeness (QED) is 0.0924. The van der Waals surface area contributed by atoms with E-state index in [2.05, 4.69) is 0 Å². The van der Waals surface area contributed by atoms with Crippen LogP contribution in [-0.2, 0) is 29.4 Å². The summed E-state index contributed by atoms with van der Waals surface area (Å²) in [7, 11) is 0. The number of ether oxygens (including phenoxy) is 5. The van der Waals surface area contributed by atoms with E-state index in [1.54, 1.807) is 121 Å². The fraction of sp³-hybridized carbons (Fsp3) is 0.171. The van der Waals surface area contributed by atoms with E-state index in [4.69, 9.17) is 23.7 Å². The Bertz CT molecular complexity index is 1910. The van der Waals surface area contributed by atoms with Gasteiger partial charge in [-0.25, -0.2) is 19.2 Å². The molecule has 0 N–H and O–H groups in total. The second kappa shape index (κ2) is 16.8. The van der Waals surface area contributed by atoms with Crippen LogP contribution in [0.15, 0.2) is 152 Å². The zero-order chi connectivity index (χ0) is 35.5. The summed E-state index contributed by atoms with van der Waals surface area (Å²) in [5.74, 6) is -2.36. The first-order valence-electron chi connectivity index (χ1n) is 16.2. The molecule has 5 aromatic carbocycles. The molecule has 1 aliphatic heterocycles. The summed E-state index contributed by atoms with van der Waals surface area (Å²) < 4.78 is 30.6. The fourth-order valence-electron chi connectivity index (χ4n) is 5.48. The SMILES string of the molecule is O=C(OC[C@H]1OC(COC(=O)c2ccccc2)(SCc2ccccc2)[C@@H](OC(=O)c2ccccc2)[C@@H]1OC(=O)c1ccccc1)c1ccccc1. The molecule has 4 atom stereocenters. The highest BCUT2D eigenvalue weighted by molar-refractivity contribution is 7.99. The van der Waals surface area contributed by atoms with Crippen molar-refractivity contribution in [3.05, 3.63) is 179 Å². The van der Waals surface area contributed by atoms with Crippen molar-refractivity contribution in [2.45, 2.75) is 29.0 Å². The highest BCUT2D eigenvalue weighted by Gasteiger charge is 2.61. The molecule has 0 bridgehead atoms. The number of benzene rings is 5. The maximum atomic E-state index is 13.8. The molecule has 9 nitrogen and oxygen atoms in total. The number of rotatable bonds is 13. The molecular formula is C41H34O9S. The van der Waals surface area contributed by atoms with Crippen molar-refractivity contribution in [1.29, 1.82) is 0 Å². The van der Waals surface area contributed by atoms with Crippen LogP contribution in [0.3, 0.4) is 0 Å². The van der Waals surface area contributed by atoms with Crippen molar-refractivity contribution in [3.8, 4) is 0 Å². The summed E-state index contributed by atoms with van der Waals surface area (Å²) in [4.78, 5) is 52.2. The number of carbonyl (C=O) groups is 4. The van der Waals surface area contributed by atoms with E-state index in [0.717, 1.165) is 5.56 Å². The van der Waals surface area contributed by atoms with Gasteiger partial charge in [0.25, 0.3) is 0 Å². The lowest BCUT2D eigenvalue weighted by Gasteiger charge is -2.33. The number of hydrogen-bond donors (Lipinski definition) is 0. The van der Waals surface area contributed by atoms with E-state index in [9.17, 15) is 19.2 Å². The van der Waals surface area contributed by atoms with Crippen molar-refractivity contribution >= 4 is 35.6 Å². The molecule has 1 saturated heterocycles. The van der Waals surface area contributed by atoms with Gasteiger partial charge in [-0.1, -0.05) is 103 Å². The Morgan fingerprint density at radius 3 is 1.43 bits per heavy atom. The molecule has 51 heavy (non-hydrogen) atoms. The third-order valence-corrected chi connectivity index (χ3v) is 9.49. The summed E-state index contributed by atoms with van der Waals surface area (Å²) in [5, 5.41) is 0. The minimum absolute atomic E-state index is 0.243. The van der Waals surface area contributed by atoms with Crippen LogP contribution < -0.4 is 0 Å². The van der Waals surface area contributed by atoms with Crippen molar-refractivity contribution in [1.82, 2.24) is 0 Å². The average molecular weight is 703 g/mol. The predicted octanol–water partition coefficient (Wildman–Crippen LogP) is 7.18. The minimum Gasteiger partial charge on any atom is -0.459 e. The van der Waals surface area contributed by atoms with Gasteiger partial charge in [-0.15, -0.1) is 11.8 Å². The summed E-state index contributed by atoms with van der Waals surface area (Å²) in [5.41, 5.74) is 2.01. The van der Waals surface area contributed by atoms with E-state index in [-0.39, 0.29) is 17.7 Å². The van der Waals surface area contributed by atoms with Gasteiger partial charge in [0, 0.05) is 5.75 Å². The van der Waals surface area contributed by atoms with Crippen LogP contribution >= 0.6 is 11.8 Å². The zero-order valence-corrected chi connectivity index (χ0v) is 28.2. The normalized spacial score (nSPS) is 19.4. The molecule has 0 spiro atoms. The minimum atomic E-state index is -1.63. The second-order valence-electron chi connectivity index (χ2n) is 11.6. The Morgan fingerprint density at radius 1 is 0.529 bits per heavy atom. The van der Waals surface area contributed by atoms with Crippen LogP contribution in [-0.4, -0.2) is 60.3 Å². The maximum Gasteiger partial charge on any atom is 0.338 e. The van der Waals surface area contributed by atoms with Crippen LogP contribution in [0.4, 0.5) is 0 Å². The summed E-state index contributed by atoms with van der Waals surface area (Å²) in [6.45, 7) is -0.784. The zero-order valence-electron chi connectivity index (χ0n) is 27.4. The number of carbonyl (C=O) groups excluding carboxylic acids is 4. The lowest BCUT2D eigenvalue weighted by molar-refractivity contribution is -0.0725. The summed E-state index contributed by atoms with van der Waals surface area (Å²) in [6, 6.07) is 43.0. The van der Waals surface area contributed by atoms with E-state index < -0.39 is 53.7 Å². The molecule has 0 aromatic heterocycles. The van der Waals surface area contributed by atoms with Crippen LogP contribution in [0.2, 0.25) is 0 Å². The maximum absolute atomic E-state index is 13.8. The first-order chi connectivity index (χ1) is 24.9. The van der Waals surface area contributed by atoms with Gasteiger partial charge in [0.1, 0.15) is 19.3 Å². The Balaban J connectivity index is 1.39. The Morgan fingerprint density at radius 2 is 0.941 bits per heavy atom. The van der Waals surface area contributed by atoms with E-state index in [1.807, 2.05) is 30.3 Å². The van der Waals surface area contributed by atoms with Gasteiger partial charge >= 0.3 is 23.9 Å². The molecule has 0 saturated carbocycles. The van der Waals surface area contributed by atoms with Crippen LogP contribution in [0.25, 0.3) is 0 Å². The van der Waals surface area contributed by atoms with Crippen molar-refractivity contribution in [2.24, 2.45) is 0 Å². The van der Waals surface area contributed by atoms with Gasteiger partial charge in [-0.2, -0.15) is 0 Å². The van der Waals surface area contributed by atoms with Gasteiger partial charge in [0.15, 0.2) is 17.1 Å². The van der Waals surface area contributed by atoms with Gasteiger partial charge in [-0.3, -0.25) is 0 Å². The van der Waals surface area contributed by atoms with Crippen LogP contribution in [0.1, 0.15) is 47.0 Å². The fourth-order valence-corrected chi connectivity index (χ4v) is 6.76. The Labute approximate surface area is 299 Å². The van der Waals surface area contributed by atoms with Gasteiger partial charge < -0.3 is 23.7 Å². The van der Waals surface area contributed by atoms with Gasteiger partial charge in [0.2, 0.25) is 0 Å². The largest absolute Gasteiger partial charge is 0.459 e. The number of hydrogen-bond acceptors (Lipinski definition) is 10. The average Bonchev–Trinajstić information content (AvgIpc) is 3.47. The monoisotopic (exact) mass is 702 g/mol. The third kappa shape index (κ3) is 8.91. The highest BCUT2D eigenvalue weighted by Crippen LogP contribution is 2.46. The molecular weight excluding hydrogens is 669 g/mol. The lowest BCUT2D eigenvalue weighted by Crippen LogP contribution is -2.49. The first-order valence-corrected chi connectivity index (χ1v) is 17.2. The molecule has 1 heterocycles. The van der Waals surface area contributed by atoms with Crippen LogP contribution in [0, 0.1) is 0 Å². The number of thioether (sulfide) groups is 1. The first kappa shape index (κ1) is 35.1. The van der Waals surface area contributed by atoms with E-state index in [1.165, 1.54) is 11.8 Å². The summed E-state index contributed by atoms with van der Waals surface area (Å²) >= 11 is 1.22. The van der Waals surface area contributed by atoms with Crippen molar-refractivity contribution in [3.63, 3.8) is 0 Å². The standard InChI is InChI=1S/C41H34O9S/c42-37(30-18-8-2-9-19-30)46-26-34-35(48-39(44)32-22-12-4-13-23-32)36(49-40(45)33-24-14-5-15-25-33)41(50-34,51-27-29-16-6-1-7-17-29)28-47-38(43)31-20-10-3-11-21-31/h1-25,34-36H,26-28H2/t34-,35-,36+,41?/m1/s1. The van der Waals surface area contributed by atoms with Gasteiger partial charge in [-0.05, 0) is 54.1 Å². The molecule has 1 fully saturated rings. The third-order valence-electron chi connectivity index (χ3n) is 8.07. The molecule has 6 rings (SSSR count). The van der Waals surface area contributed by atoms with Crippen molar-refractivity contribution < 1.29 is 42.9 Å². The summed E-state index contributed by atoms with van der Waals surface area (Å²) in [6.07, 6.45) is -3.78. The van der Waals surface area contributed by atoms with Crippen molar-refractivity contribution in [2.75, 3.05) is 13.2 Å². The Kier molecular flexibility index (Phi) is 11.6. The molecule has 1 aliphatic rings. The van der Waals surface area contributed by atoms with Crippen LogP contribution in [0.5, 0.6) is 0 Å². The molecule has 0 radical (unpaired) electrons. The smallest absolute Gasteiger partial charge is 0.338 e. The topological polar surface area (TPSA) is 114 Å². The number of esters is 4. The second-order valence-corrected chi connectivity index (χ2v) is 12.8. The molecule has 1 unspecified atom stereocenters. The molecule has 0 amide bonds. The predicted molar refractivity (Wildman–Crippen MR) is 190 cm³/mol. The molecule has 10 heteroatoms. The molecule has 258 valence electrons. The van der Waals surface area contributed by atoms with E-state index >= 15 is 0 Å². The lowest BCUT2D eigenvalue weighted by atomic mass is 10.1. The molecule has 5 aromatic rings. The highest BCUT2D eigenvalue weighted by atomic mass is 32.2.